The Morgan fingerprint density at radius 2 is 2.29 bits per heavy atom. The number of alkyl halides is 1. The molecule has 0 radical (unpaired) electrons. The van der Waals surface area contributed by atoms with Crippen molar-refractivity contribution in [2.75, 3.05) is 13.0 Å². The highest BCUT2D eigenvalue weighted by atomic mass is 35.5. The summed E-state index contributed by atoms with van der Waals surface area (Å²) in [7, 11) is 1.60. The van der Waals surface area contributed by atoms with Gasteiger partial charge in [-0.3, -0.25) is 4.79 Å². The van der Waals surface area contributed by atoms with Gasteiger partial charge in [0.2, 0.25) is 5.91 Å². The van der Waals surface area contributed by atoms with Crippen LogP contribution in [-0.2, 0) is 9.53 Å². The maximum absolute atomic E-state index is 12.4. The Morgan fingerprint density at radius 3 is 2.81 bits per heavy atom. The summed E-state index contributed by atoms with van der Waals surface area (Å²) >= 11 is 5.84. The van der Waals surface area contributed by atoms with Crippen LogP contribution < -0.4 is 5.32 Å². The quantitative estimate of drug-likeness (QED) is 0.604. The van der Waals surface area contributed by atoms with Crippen LogP contribution in [0.25, 0.3) is 0 Å². The maximum atomic E-state index is 12.4. The van der Waals surface area contributed by atoms with Gasteiger partial charge in [-0.15, -0.1) is 11.6 Å². The molecule has 0 bridgehead atoms. The lowest BCUT2D eigenvalue weighted by Crippen LogP contribution is -2.64. The van der Waals surface area contributed by atoms with E-state index in [9.17, 15) is 9.90 Å². The second-order valence-electron chi connectivity index (χ2n) is 6.50. The Morgan fingerprint density at radius 1 is 1.57 bits per heavy atom. The van der Waals surface area contributed by atoms with Crippen LogP contribution in [-0.4, -0.2) is 41.2 Å². The van der Waals surface area contributed by atoms with Crippen molar-refractivity contribution in [3.63, 3.8) is 0 Å². The molecule has 0 aromatic rings. The minimum Gasteiger partial charge on any atom is -0.390 e. The van der Waals surface area contributed by atoms with Gasteiger partial charge in [-0.2, -0.15) is 0 Å². The summed E-state index contributed by atoms with van der Waals surface area (Å²) < 4.78 is 5.74. The van der Waals surface area contributed by atoms with E-state index < -0.39 is 17.2 Å². The lowest BCUT2D eigenvalue weighted by molar-refractivity contribution is -0.130. The van der Waals surface area contributed by atoms with Crippen molar-refractivity contribution in [1.29, 1.82) is 0 Å². The highest BCUT2D eigenvalue weighted by Crippen LogP contribution is 2.45. The van der Waals surface area contributed by atoms with Gasteiger partial charge in [-0.25, -0.2) is 0 Å². The van der Waals surface area contributed by atoms with Crippen LogP contribution in [0, 0.1) is 11.8 Å². The van der Waals surface area contributed by atoms with Crippen LogP contribution in [0.2, 0.25) is 0 Å². The van der Waals surface area contributed by atoms with Crippen molar-refractivity contribution in [3.8, 4) is 0 Å². The fourth-order valence-electron chi connectivity index (χ4n) is 3.85. The molecule has 1 heterocycles. The van der Waals surface area contributed by atoms with Gasteiger partial charge in [-0.05, 0) is 39.5 Å². The number of carbonyl (C=O) groups excluding carboxylic acids is 1. The van der Waals surface area contributed by atoms with E-state index in [-0.39, 0.29) is 17.7 Å². The minimum absolute atomic E-state index is 0.0493. The molecule has 0 aromatic heterocycles. The molecule has 4 nitrogen and oxygen atoms in total. The average Bonchev–Trinajstić information content (AvgIpc) is 2.69. The number of rotatable bonds is 5. The second kappa shape index (κ2) is 6.27. The third kappa shape index (κ3) is 2.62. The number of methoxy groups -OCH3 is 1. The molecule has 0 saturated carbocycles. The molecular formula is C16H26ClNO3. The van der Waals surface area contributed by atoms with Crippen molar-refractivity contribution >= 4 is 17.5 Å². The van der Waals surface area contributed by atoms with Gasteiger partial charge in [0.25, 0.3) is 0 Å². The Labute approximate surface area is 131 Å². The first-order chi connectivity index (χ1) is 9.90. The largest absolute Gasteiger partial charge is 0.390 e. The Kier molecular flexibility index (Phi) is 5.01. The Hall–Kier alpha value is -0.580. The number of hydrogen-bond acceptors (Lipinski definition) is 3. The van der Waals surface area contributed by atoms with E-state index in [1.165, 1.54) is 0 Å². The number of allylic oxidation sites excluding steroid dienone is 1. The fourth-order valence-corrected chi connectivity index (χ4v) is 4.06. The number of nitrogens with one attached hydrogen (secondary N) is 1. The molecule has 1 unspecified atom stereocenters. The number of aliphatic hydroxyl groups excluding tert-OH is 1. The summed E-state index contributed by atoms with van der Waals surface area (Å²) in [6, 6.07) is 0. The molecule has 21 heavy (non-hydrogen) atoms. The lowest BCUT2D eigenvalue weighted by atomic mass is 9.69. The van der Waals surface area contributed by atoms with Crippen molar-refractivity contribution in [3.05, 3.63) is 12.2 Å². The number of ether oxygens (including phenoxy) is 1. The van der Waals surface area contributed by atoms with Crippen LogP contribution in [0.3, 0.4) is 0 Å². The predicted molar refractivity (Wildman–Crippen MR) is 83.3 cm³/mol. The molecule has 5 heteroatoms. The van der Waals surface area contributed by atoms with E-state index in [0.717, 1.165) is 19.3 Å². The molecule has 120 valence electrons. The topological polar surface area (TPSA) is 58.6 Å². The van der Waals surface area contributed by atoms with Crippen LogP contribution in [0.4, 0.5) is 0 Å². The zero-order valence-corrected chi connectivity index (χ0v) is 13.8. The van der Waals surface area contributed by atoms with Gasteiger partial charge in [0.1, 0.15) is 5.60 Å². The smallest absolute Gasteiger partial charge is 0.226 e. The number of halogens is 1. The van der Waals surface area contributed by atoms with Gasteiger partial charge in [-0.1, -0.05) is 12.2 Å². The molecule has 2 rings (SSSR count). The normalized spacial score (nSPS) is 41.1. The van der Waals surface area contributed by atoms with Gasteiger partial charge in [0.15, 0.2) is 0 Å². The zero-order chi connectivity index (χ0) is 15.7. The van der Waals surface area contributed by atoms with E-state index >= 15 is 0 Å². The highest BCUT2D eigenvalue weighted by Gasteiger charge is 2.63. The molecule has 1 aliphatic heterocycles. The van der Waals surface area contributed by atoms with Crippen molar-refractivity contribution < 1.29 is 14.6 Å². The SMILES string of the molecule is CO[C@]1(C)[C@H](CCCl)C(=O)N[C@@]1(C)C(O)[C@H]1C=CCCC1. The molecule has 1 saturated heterocycles. The first-order valence-corrected chi connectivity index (χ1v) is 8.22. The van der Waals surface area contributed by atoms with E-state index in [2.05, 4.69) is 17.5 Å². The van der Waals surface area contributed by atoms with E-state index in [1.54, 1.807) is 7.11 Å². The third-order valence-corrected chi connectivity index (χ3v) is 5.72. The summed E-state index contributed by atoms with van der Waals surface area (Å²) in [6.45, 7) is 3.79. The molecule has 2 N–H and O–H groups in total. The standard InChI is InChI=1S/C16H26ClNO3/c1-15(13(19)11-7-5-4-6-8-11)16(2,21-3)12(9-10-17)14(20)18-15/h5,7,11-13,19H,4,6,8-10H2,1-3H3,(H,18,20)/t11-,12+,13?,15-,16+/m0/s1. The summed E-state index contributed by atoms with van der Waals surface area (Å²) in [5.41, 5.74) is -1.59. The molecule has 5 atom stereocenters. The summed E-state index contributed by atoms with van der Waals surface area (Å²) in [6.07, 6.45) is 7.10. The summed E-state index contributed by atoms with van der Waals surface area (Å²) in [4.78, 5) is 12.4. The van der Waals surface area contributed by atoms with Gasteiger partial charge < -0.3 is 15.2 Å². The number of hydrogen-bond donors (Lipinski definition) is 2. The first-order valence-electron chi connectivity index (χ1n) is 7.68. The van der Waals surface area contributed by atoms with Crippen LogP contribution in [0.1, 0.15) is 39.5 Å². The number of carbonyl (C=O) groups is 1. The van der Waals surface area contributed by atoms with Crippen LogP contribution in [0.5, 0.6) is 0 Å². The van der Waals surface area contributed by atoms with Crippen molar-refractivity contribution in [2.45, 2.75) is 56.8 Å². The molecule has 1 aliphatic carbocycles. The van der Waals surface area contributed by atoms with Crippen LogP contribution in [0.15, 0.2) is 12.2 Å². The molecule has 0 aromatic carbocycles. The number of amides is 1. The van der Waals surface area contributed by atoms with Gasteiger partial charge in [0, 0.05) is 18.9 Å². The third-order valence-electron chi connectivity index (χ3n) is 5.51. The van der Waals surface area contributed by atoms with Crippen molar-refractivity contribution in [1.82, 2.24) is 5.32 Å². The van der Waals surface area contributed by atoms with Crippen molar-refractivity contribution in [2.24, 2.45) is 11.8 Å². The second-order valence-corrected chi connectivity index (χ2v) is 6.88. The molecule has 1 fully saturated rings. The van der Waals surface area contributed by atoms with Gasteiger partial charge >= 0.3 is 0 Å². The monoisotopic (exact) mass is 315 g/mol. The van der Waals surface area contributed by atoms with Gasteiger partial charge in [0.05, 0.1) is 17.6 Å². The zero-order valence-electron chi connectivity index (χ0n) is 13.1. The Bertz CT molecular complexity index is 428. The summed E-state index contributed by atoms with van der Waals surface area (Å²) in [5.74, 6) is 0.0221. The Balaban J connectivity index is 2.32. The minimum atomic E-state index is -0.818. The fraction of sp³-hybridized carbons (Fsp3) is 0.812. The lowest BCUT2D eigenvalue weighted by Gasteiger charge is -2.46. The first kappa shape index (κ1) is 16.8. The van der Waals surface area contributed by atoms with Crippen LogP contribution >= 0.6 is 11.6 Å². The average molecular weight is 316 g/mol. The number of aliphatic hydroxyl groups is 1. The highest BCUT2D eigenvalue weighted by molar-refractivity contribution is 6.18. The molecular weight excluding hydrogens is 290 g/mol. The van der Waals surface area contributed by atoms with E-state index in [0.29, 0.717) is 12.3 Å². The molecule has 2 aliphatic rings. The predicted octanol–water partition coefficient (Wildman–Crippen LogP) is 2.24. The summed E-state index contributed by atoms with van der Waals surface area (Å²) in [5, 5.41) is 13.9. The molecule has 1 amide bonds. The van der Waals surface area contributed by atoms with E-state index in [4.69, 9.17) is 16.3 Å². The maximum Gasteiger partial charge on any atom is 0.226 e. The molecule has 0 spiro atoms. The van der Waals surface area contributed by atoms with E-state index in [1.807, 2.05) is 13.8 Å².